The van der Waals surface area contributed by atoms with Crippen LogP contribution in [0.5, 0.6) is 5.75 Å². The first-order chi connectivity index (χ1) is 8.99. The molecule has 1 amide bonds. The number of piperazine rings is 1. The molecule has 2 rings (SSSR count). The van der Waals surface area contributed by atoms with Crippen LogP contribution in [0.15, 0.2) is 24.3 Å². The van der Waals surface area contributed by atoms with E-state index in [1.54, 1.807) is 0 Å². The van der Waals surface area contributed by atoms with Gasteiger partial charge in [0.05, 0.1) is 0 Å². The van der Waals surface area contributed by atoms with E-state index in [9.17, 15) is 4.79 Å². The summed E-state index contributed by atoms with van der Waals surface area (Å²) in [5, 5.41) is 3.24. The van der Waals surface area contributed by atoms with E-state index in [4.69, 9.17) is 4.74 Å². The second-order valence-electron chi connectivity index (χ2n) is 5.47. The molecule has 1 aliphatic heterocycles. The van der Waals surface area contributed by atoms with Gasteiger partial charge in [0, 0.05) is 26.2 Å². The molecule has 1 aromatic rings. The number of amides is 1. The lowest BCUT2D eigenvalue weighted by atomic mass is 10.1. The van der Waals surface area contributed by atoms with E-state index >= 15 is 0 Å². The van der Waals surface area contributed by atoms with Crippen molar-refractivity contribution in [1.82, 2.24) is 10.2 Å². The van der Waals surface area contributed by atoms with E-state index in [0.717, 1.165) is 37.5 Å². The summed E-state index contributed by atoms with van der Waals surface area (Å²) in [5.41, 5.74) is 0.299. The highest BCUT2D eigenvalue weighted by atomic mass is 16.5. The Morgan fingerprint density at radius 2 is 2.00 bits per heavy atom. The summed E-state index contributed by atoms with van der Waals surface area (Å²) in [6.45, 7) is 8.88. The highest BCUT2D eigenvalue weighted by Gasteiger charge is 2.34. The smallest absolute Gasteiger partial charge is 0.266 e. The monoisotopic (exact) mass is 262 g/mol. The number of rotatable bonds is 3. The number of carbonyl (C=O) groups excluding carboxylic acids is 1. The van der Waals surface area contributed by atoms with E-state index in [1.807, 2.05) is 49.9 Å². The Labute approximate surface area is 114 Å². The topological polar surface area (TPSA) is 41.6 Å². The van der Waals surface area contributed by atoms with Crippen molar-refractivity contribution in [3.63, 3.8) is 0 Å². The van der Waals surface area contributed by atoms with Crippen LogP contribution in [0.4, 0.5) is 0 Å². The first-order valence-electron chi connectivity index (χ1n) is 6.75. The predicted molar refractivity (Wildman–Crippen MR) is 75.3 cm³/mol. The molecule has 1 aliphatic rings. The first-order valence-corrected chi connectivity index (χ1v) is 6.75. The summed E-state index contributed by atoms with van der Waals surface area (Å²) < 4.78 is 5.89. The van der Waals surface area contributed by atoms with Gasteiger partial charge in [-0.25, -0.2) is 0 Å². The van der Waals surface area contributed by atoms with Gasteiger partial charge in [0.1, 0.15) is 5.75 Å². The van der Waals surface area contributed by atoms with Crippen LogP contribution in [-0.2, 0) is 4.79 Å². The van der Waals surface area contributed by atoms with Gasteiger partial charge in [-0.15, -0.1) is 0 Å². The number of aryl methyl sites for hydroxylation is 1. The molecule has 1 aromatic carbocycles. The van der Waals surface area contributed by atoms with Crippen LogP contribution in [0.25, 0.3) is 0 Å². The van der Waals surface area contributed by atoms with Gasteiger partial charge in [-0.1, -0.05) is 12.1 Å². The van der Waals surface area contributed by atoms with E-state index in [2.05, 4.69) is 5.32 Å². The fraction of sp³-hybridized carbons (Fsp3) is 0.533. The Morgan fingerprint density at radius 1 is 1.32 bits per heavy atom. The Kier molecular flexibility index (Phi) is 4.10. The highest BCUT2D eigenvalue weighted by Crippen LogP contribution is 2.21. The molecule has 1 N–H and O–H groups in total. The third-order valence-electron chi connectivity index (χ3n) is 3.28. The Morgan fingerprint density at radius 3 is 2.63 bits per heavy atom. The van der Waals surface area contributed by atoms with Gasteiger partial charge in [0.2, 0.25) is 0 Å². The Bertz CT molecular complexity index is 451. The molecule has 0 unspecified atom stereocenters. The van der Waals surface area contributed by atoms with Gasteiger partial charge < -0.3 is 15.0 Å². The van der Waals surface area contributed by atoms with Crippen molar-refractivity contribution in [3.05, 3.63) is 29.8 Å². The van der Waals surface area contributed by atoms with Crippen LogP contribution in [-0.4, -0.2) is 42.6 Å². The zero-order chi connectivity index (χ0) is 13.9. The number of hydrogen-bond acceptors (Lipinski definition) is 3. The molecule has 0 atom stereocenters. The number of hydrogen-bond donors (Lipinski definition) is 1. The molecule has 0 aliphatic carbocycles. The largest absolute Gasteiger partial charge is 0.478 e. The third kappa shape index (κ3) is 3.47. The van der Waals surface area contributed by atoms with Crippen molar-refractivity contribution in [1.29, 1.82) is 0 Å². The van der Waals surface area contributed by atoms with Crippen molar-refractivity contribution in [2.24, 2.45) is 0 Å². The first kappa shape index (κ1) is 13.9. The van der Waals surface area contributed by atoms with E-state index < -0.39 is 5.60 Å². The second kappa shape index (κ2) is 5.61. The second-order valence-corrected chi connectivity index (χ2v) is 5.47. The van der Waals surface area contributed by atoms with Gasteiger partial charge in [0.15, 0.2) is 5.60 Å². The lowest BCUT2D eigenvalue weighted by Gasteiger charge is -2.34. The van der Waals surface area contributed by atoms with E-state index in [1.165, 1.54) is 0 Å². The molecule has 0 bridgehead atoms. The molecule has 1 heterocycles. The molecule has 0 aromatic heterocycles. The summed E-state index contributed by atoms with van der Waals surface area (Å²) in [6, 6.07) is 7.79. The fourth-order valence-electron chi connectivity index (χ4n) is 2.27. The highest BCUT2D eigenvalue weighted by molar-refractivity contribution is 5.85. The maximum atomic E-state index is 12.5. The van der Waals surface area contributed by atoms with Gasteiger partial charge >= 0.3 is 0 Å². The number of benzene rings is 1. The lowest BCUT2D eigenvalue weighted by Crippen LogP contribution is -2.54. The Balaban J connectivity index is 2.06. The minimum Gasteiger partial charge on any atom is -0.478 e. The molecular weight excluding hydrogens is 240 g/mol. The molecule has 0 radical (unpaired) electrons. The molecule has 104 valence electrons. The normalized spacial score (nSPS) is 16.3. The lowest BCUT2D eigenvalue weighted by molar-refractivity contribution is -0.146. The molecule has 0 spiro atoms. The van der Waals surface area contributed by atoms with E-state index in [0.29, 0.717) is 0 Å². The van der Waals surface area contributed by atoms with Crippen LogP contribution in [0.3, 0.4) is 0 Å². The summed E-state index contributed by atoms with van der Waals surface area (Å²) in [5.74, 6) is 0.795. The maximum absolute atomic E-state index is 12.5. The van der Waals surface area contributed by atoms with Crippen molar-refractivity contribution >= 4 is 5.91 Å². The zero-order valence-electron chi connectivity index (χ0n) is 11.9. The minimum atomic E-state index is -0.828. The average Bonchev–Trinajstić information content (AvgIpc) is 2.38. The maximum Gasteiger partial charge on any atom is 0.266 e. The van der Waals surface area contributed by atoms with Gasteiger partial charge in [-0.2, -0.15) is 0 Å². The molecule has 0 saturated carbocycles. The molecule has 1 saturated heterocycles. The number of nitrogens with zero attached hydrogens (tertiary/aromatic N) is 1. The summed E-state index contributed by atoms with van der Waals surface area (Å²) in [6.07, 6.45) is 0. The van der Waals surface area contributed by atoms with Crippen molar-refractivity contribution in [3.8, 4) is 5.75 Å². The zero-order valence-corrected chi connectivity index (χ0v) is 11.9. The van der Waals surface area contributed by atoms with Crippen molar-refractivity contribution in [2.45, 2.75) is 26.4 Å². The third-order valence-corrected chi connectivity index (χ3v) is 3.28. The predicted octanol–water partition coefficient (Wildman–Crippen LogP) is 1.58. The number of nitrogens with one attached hydrogen (secondary N) is 1. The molecule has 1 fully saturated rings. The van der Waals surface area contributed by atoms with E-state index in [-0.39, 0.29) is 5.91 Å². The van der Waals surface area contributed by atoms with Crippen LogP contribution in [0.2, 0.25) is 0 Å². The molecule has 4 nitrogen and oxygen atoms in total. The van der Waals surface area contributed by atoms with Crippen molar-refractivity contribution in [2.75, 3.05) is 26.2 Å². The number of carbonyl (C=O) groups is 1. The molecular formula is C15H22N2O2. The minimum absolute atomic E-state index is 0.0514. The SMILES string of the molecule is Cc1cccc(OC(C)(C)C(=O)N2CCNCC2)c1. The summed E-state index contributed by atoms with van der Waals surface area (Å²) in [4.78, 5) is 14.3. The van der Waals surface area contributed by atoms with Crippen LogP contribution >= 0.6 is 0 Å². The quantitative estimate of drug-likeness (QED) is 0.899. The standard InChI is InChI=1S/C15H22N2O2/c1-12-5-4-6-13(11-12)19-15(2,3)14(18)17-9-7-16-8-10-17/h4-6,11,16H,7-10H2,1-3H3. The summed E-state index contributed by atoms with van der Waals surface area (Å²) >= 11 is 0. The van der Waals surface area contributed by atoms with Gasteiger partial charge in [0.25, 0.3) is 5.91 Å². The fourth-order valence-corrected chi connectivity index (χ4v) is 2.27. The van der Waals surface area contributed by atoms with Gasteiger partial charge in [-0.05, 0) is 38.5 Å². The van der Waals surface area contributed by atoms with Crippen LogP contribution < -0.4 is 10.1 Å². The average molecular weight is 262 g/mol. The van der Waals surface area contributed by atoms with Crippen LogP contribution in [0, 0.1) is 6.92 Å². The van der Waals surface area contributed by atoms with Gasteiger partial charge in [-0.3, -0.25) is 4.79 Å². The van der Waals surface area contributed by atoms with Crippen molar-refractivity contribution < 1.29 is 9.53 Å². The van der Waals surface area contributed by atoms with Crippen LogP contribution in [0.1, 0.15) is 19.4 Å². The number of ether oxygens (including phenoxy) is 1. The molecule has 4 heteroatoms. The Hall–Kier alpha value is -1.55. The molecule has 19 heavy (non-hydrogen) atoms. The summed E-state index contributed by atoms with van der Waals surface area (Å²) in [7, 11) is 0.